The quantitative estimate of drug-likeness (QED) is 0.562. The summed E-state index contributed by atoms with van der Waals surface area (Å²) in [6.07, 6.45) is 5.75. The molecule has 0 saturated heterocycles. The summed E-state index contributed by atoms with van der Waals surface area (Å²) in [4.78, 5) is 23.2. The van der Waals surface area contributed by atoms with Crippen LogP contribution in [0.15, 0.2) is 39.5 Å². The first-order chi connectivity index (χ1) is 11.6. The maximum Gasteiger partial charge on any atom is 0.336 e. The number of fused-ring (bicyclic) bond motifs is 1. The van der Waals surface area contributed by atoms with Crippen molar-refractivity contribution in [1.29, 1.82) is 0 Å². The normalized spacial score (nSPS) is 12.1. The lowest BCUT2D eigenvalue weighted by molar-refractivity contribution is -0.123. The summed E-state index contributed by atoms with van der Waals surface area (Å²) >= 11 is 0. The molecule has 5 nitrogen and oxygen atoms in total. The number of nitrogens with one attached hydrogen (secondary N) is 1. The zero-order chi connectivity index (χ0) is 17.4. The van der Waals surface area contributed by atoms with Crippen LogP contribution in [0.5, 0.6) is 5.75 Å². The van der Waals surface area contributed by atoms with Gasteiger partial charge < -0.3 is 14.5 Å². The second-order valence-electron chi connectivity index (χ2n) is 6.06. The molecule has 0 aliphatic carbocycles. The van der Waals surface area contributed by atoms with Gasteiger partial charge in [0, 0.05) is 23.6 Å². The van der Waals surface area contributed by atoms with Crippen LogP contribution in [0.1, 0.15) is 46.0 Å². The van der Waals surface area contributed by atoms with E-state index < -0.39 is 5.63 Å². The number of benzene rings is 1. The number of ether oxygens (including phenoxy) is 1. The van der Waals surface area contributed by atoms with Crippen LogP contribution in [0.4, 0.5) is 0 Å². The molecule has 5 heteroatoms. The van der Waals surface area contributed by atoms with Crippen LogP contribution in [0.2, 0.25) is 0 Å². The van der Waals surface area contributed by atoms with E-state index in [4.69, 9.17) is 9.15 Å². The van der Waals surface area contributed by atoms with Gasteiger partial charge in [-0.15, -0.1) is 0 Å². The van der Waals surface area contributed by atoms with E-state index in [-0.39, 0.29) is 18.6 Å². The molecule has 0 bridgehead atoms. The minimum absolute atomic E-state index is 0.0537. The van der Waals surface area contributed by atoms with E-state index in [0.717, 1.165) is 18.2 Å². The summed E-state index contributed by atoms with van der Waals surface area (Å²) < 4.78 is 10.6. The van der Waals surface area contributed by atoms with Gasteiger partial charge >= 0.3 is 5.63 Å². The average Bonchev–Trinajstić information content (AvgIpc) is 2.56. The standard InChI is InChI=1S/C19H25NO4/c1-3-4-5-6-7-14(2)20-18(21)13-23-16-10-8-15-9-11-19(22)24-17(15)12-16/h8-12,14H,3-7,13H2,1-2H3,(H,20,21). The maximum atomic E-state index is 11.9. The van der Waals surface area contributed by atoms with Crippen molar-refractivity contribution >= 4 is 16.9 Å². The Hall–Kier alpha value is -2.30. The molecule has 0 aliphatic heterocycles. The summed E-state index contributed by atoms with van der Waals surface area (Å²) in [5, 5.41) is 3.75. The fourth-order valence-electron chi connectivity index (χ4n) is 2.55. The summed E-state index contributed by atoms with van der Waals surface area (Å²) in [6.45, 7) is 4.14. The van der Waals surface area contributed by atoms with E-state index in [1.807, 2.05) is 6.92 Å². The number of amides is 1. The molecule has 2 rings (SSSR count). The van der Waals surface area contributed by atoms with Crippen molar-refractivity contribution in [1.82, 2.24) is 5.32 Å². The van der Waals surface area contributed by atoms with E-state index in [0.29, 0.717) is 11.3 Å². The highest BCUT2D eigenvalue weighted by molar-refractivity contribution is 5.79. The third-order valence-corrected chi connectivity index (χ3v) is 3.86. The maximum absolute atomic E-state index is 11.9. The first-order valence-electron chi connectivity index (χ1n) is 8.54. The van der Waals surface area contributed by atoms with E-state index in [1.165, 1.54) is 25.3 Å². The highest BCUT2D eigenvalue weighted by Gasteiger charge is 2.08. The van der Waals surface area contributed by atoms with Gasteiger partial charge in [-0.1, -0.05) is 32.6 Å². The third kappa shape index (κ3) is 5.72. The summed E-state index contributed by atoms with van der Waals surface area (Å²) in [7, 11) is 0. The molecular formula is C19H25NO4. The first-order valence-corrected chi connectivity index (χ1v) is 8.54. The fraction of sp³-hybridized carbons (Fsp3) is 0.474. The predicted octanol–water partition coefficient (Wildman–Crippen LogP) is 3.65. The van der Waals surface area contributed by atoms with E-state index in [9.17, 15) is 9.59 Å². The highest BCUT2D eigenvalue weighted by Crippen LogP contribution is 2.19. The number of hydrogen-bond acceptors (Lipinski definition) is 4. The number of rotatable bonds is 9. The molecule has 0 aliphatic rings. The van der Waals surface area contributed by atoms with Gasteiger partial charge in [-0.2, -0.15) is 0 Å². The lowest BCUT2D eigenvalue weighted by atomic mass is 10.1. The molecule has 24 heavy (non-hydrogen) atoms. The summed E-state index contributed by atoms with van der Waals surface area (Å²) in [5.41, 5.74) is 0.0407. The molecule has 1 unspecified atom stereocenters. The second kappa shape index (κ2) is 9.11. The zero-order valence-electron chi connectivity index (χ0n) is 14.3. The van der Waals surface area contributed by atoms with Gasteiger partial charge in [0.15, 0.2) is 6.61 Å². The summed E-state index contributed by atoms with van der Waals surface area (Å²) in [6, 6.07) is 8.38. The predicted molar refractivity (Wildman–Crippen MR) is 94.3 cm³/mol. The molecule has 1 aromatic heterocycles. The Labute approximate surface area is 142 Å². The van der Waals surface area contributed by atoms with Gasteiger partial charge in [-0.05, 0) is 31.5 Å². The molecule has 1 N–H and O–H groups in total. The van der Waals surface area contributed by atoms with Gasteiger partial charge in [0.25, 0.3) is 5.91 Å². The third-order valence-electron chi connectivity index (χ3n) is 3.86. The van der Waals surface area contributed by atoms with Crippen molar-refractivity contribution in [2.75, 3.05) is 6.61 Å². The van der Waals surface area contributed by atoms with Crippen molar-refractivity contribution in [3.8, 4) is 5.75 Å². The minimum Gasteiger partial charge on any atom is -0.484 e. The smallest absolute Gasteiger partial charge is 0.336 e. The van der Waals surface area contributed by atoms with Crippen LogP contribution in [0.25, 0.3) is 11.0 Å². The molecule has 2 aromatic rings. The van der Waals surface area contributed by atoms with Gasteiger partial charge in [0.1, 0.15) is 11.3 Å². The summed E-state index contributed by atoms with van der Waals surface area (Å²) in [5.74, 6) is 0.357. The molecule has 0 fully saturated rings. The molecule has 1 aromatic carbocycles. The van der Waals surface area contributed by atoms with Crippen LogP contribution in [-0.2, 0) is 4.79 Å². The van der Waals surface area contributed by atoms with Crippen LogP contribution >= 0.6 is 0 Å². The van der Waals surface area contributed by atoms with Crippen molar-refractivity contribution in [3.63, 3.8) is 0 Å². The number of unbranched alkanes of at least 4 members (excludes halogenated alkanes) is 3. The fourth-order valence-corrected chi connectivity index (χ4v) is 2.55. The molecule has 1 atom stereocenters. The average molecular weight is 331 g/mol. The number of hydrogen-bond donors (Lipinski definition) is 1. The Balaban J connectivity index is 1.80. The Morgan fingerprint density at radius 3 is 2.79 bits per heavy atom. The topological polar surface area (TPSA) is 68.5 Å². The van der Waals surface area contributed by atoms with Crippen LogP contribution in [-0.4, -0.2) is 18.6 Å². The molecule has 130 valence electrons. The molecule has 0 saturated carbocycles. The lowest BCUT2D eigenvalue weighted by Crippen LogP contribution is -2.36. The highest BCUT2D eigenvalue weighted by atomic mass is 16.5. The Morgan fingerprint density at radius 2 is 2.00 bits per heavy atom. The minimum atomic E-state index is -0.408. The van der Waals surface area contributed by atoms with Crippen LogP contribution in [0, 0.1) is 0 Å². The largest absolute Gasteiger partial charge is 0.484 e. The zero-order valence-corrected chi connectivity index (χ0v) is 14.3. The van der Waals surface area contributed by atoms with Gasteiger partial charge in [-0.25, -0.2) is 4.79 Å². The van der Waals surface area contributed by atoms with Crippen molar-refractivity contribution < 1.29 is 13.9 Å². The SMILES string of the molecule is CCCCCCC(C)NC(=O)COc1ccc2ccc(=O)oc2c1. The van der Waals surface area contributed by atoms with Crippen LogP contribution < -0.4 is 15.7 Å². The molecule has 1 amide bonds. The van der Waals surface area contributed by atoms with Crippen molar-refractivity contribution in [2.45, 2.75) is 52.0 Å². The Kier molecular flexibility index (Phi) is 6.85. The van der Waals surface area contributed by atoms with E-state index in [2.05, 4.69) is 12.2 Å². The van der Waals surface area contributed by atoms with Gasteiger partial charge in [0.05, 0.1) is 0 Å². The molecule has 0 spiro atoms. The molecule has 1 heterocycles. The molecule has 0 radical (unpaired) electrons. The van der Waals surface area contributed by atoms with Crippen molar-refractivity contribution in [2.24, 2.45) is 0 Å². The first kappa shape index (κ1) is 18.0. The lowest BCUT2D eigenvalue weighted by Gasteiger charge is -2.14. The van der Waals surface area contributed by atoms with Crippen molar-refractivity contribution in [3.05, 3.63) is 40.8 Å². The van der Waals surface area contributed by atoms with Gasteiger partial charge in [-0.3, -0.25) is 4.79 Å². The Bertz CT molecular complexity index is 723. The van der Waals surface area contributed by atoms with Gasteiger partial charge in [0.2, 0.25) is 0 Å². The van der Waals surface area contributed by atoms with E-state index in [1.54, 1.807) is 24.3 Å². The number of carbonyl (C=O) groups excluding carboxylic acids is 1. The number of carbonyl (C=O) groups is 1. The van der Waals surface area contributed by atoms with E-state index >= 15 is 0 Å². The Morgan fingerprint density at radius 1 is 1.21 bits per heavy atom. The second-order valence-corrected chi connectivity index (χ2v) is 6.06. The monoisotopic (exact) mass is 331 g/mol. The van der Waals surface area contributed by atoms with Crippen LogP contribution in [0.3, 0.4) is 0 Å². The molecular weight excluding hydrogens is 306 g/mol.